The molecule has 3 aromatic carbocycles. The number of carbonyl (C=O) groups is 1. The lowest BCUT2D eigenvalue weighted by Gasteiger charge is -2.15. The van der Waals surface area contributed by atoms with Gasteiger partial charge in [0.05, 0.1) is 16.2 Å². The van der Waals surface area contributed by atoms with Gasteiger partial charge in [0, 0.05) is 17.7 Å². The summed E-state index contributed by atoms with van der Waals surface area (Å²) in [6.07, 6.45) is -3.24. The summed E-state index contributed by atoms with van der Waals surface area (Å²) in [7, 11) is 0. The normalized spacial score (nSPS) is 11.8. The van der Waals surface area contributed by atoms with Crippen LogP contribution in [0.25, 0.3) is 11.6 Å². The van der Waals surface area contributed by atoms with Gasteiger partial charge in [-0.05, 0) is 29.3 Å². The summed E-state index contributed by atoms with van der Waals surface area (Å²) in [5.74, 6) is -0.774. The Morgan fingerprint density at radius 1 is 0.933 bits per heavy atom. The van der Waals surface area contributed by atoms with E-state index < -0.39 is 22.6 Å². The number of hydrogen-bond acceptors (Lipinski definition) is 3. The van der Waals surface area contributed by atoms with Gasteiger partial charge in [0.25, 0.3) is 11.6 Å². The van der Waals surface area contributed by atoms with Crippen molar-refractivity contribution in [1.29, 1.82) is 0 Å². The molecule has 3 aromatic rings. The Morgan fingerprint density at radius 3 is 2.27 bits per heavy atom. The molecule has 5 nitrogen and oxygen atoms in total. The minimum atomic E-state index is -4.64. The van der Waals surface area contributed by atoms with Gasteiger partial charge in [-0.2, -0.15) is 13.2 Å². The van der Waals surface area contributed by atoms with Crippen molar-refractivity contribution < 1.29 is 22.9 Å². The average Bonchev–Trinajstić information content (AvgIpc) is 2.72. The highest BCUT2D eigenvalue weighted by molar-refractivity contribution is 6.29. The minimum Gasteiger partial charge on any atom is -0.321 e. The minimum absolute atomic E-state index is 0.0630. The number of anilines is 1. The van der Waals surface area contributed by atoms with Crippen LogP contribution in [0.1, 0.15) is 16.7 Å². The first kappa shape index (κ1) is 20.8. The van der Waals surface area contributed by atoms with Crippen LogP contribution < -0.4 is 5.32 Å². The summed E-state index contributed by atoms with van der Waals surface area (Å²) in [6, 6.07) is 18.6. The second kappa shape index (κ2) is 8.60. The average molecular weight is 412 g/mol. The highest BCUT2D eigenvalue weighted by atomic mass is 19.4. The zero-order valence-electron chi connectivity index (χ0n) is 15.4. The van der Waals surface area contributed by atoms with E-state index in [0.717, 1.165) is 12.1 Å². The summed E-state index contributed by atoms with van der Waals surface area (Å²) in [5, 5.41) is 13.3. The predicted octanol–water partition coefficient (Wildman–Crippen LogP) is 5.79. The fourth-order valence-corrected chi connectivity index (χ4v) is 2.82. The van der Waals surface area contributed by atoms with E-state index in [-0.39, 0.29) is 16.9 Å². The zero-order chi connectivity index (χ0) is 21.7. The number of carbonyl (C=O) groups excluding carboxylic acids is 1. The number of benzene rings is 3. The molecule has 0 bridgehead atoms. The third-order valence-electron chi connectivity index (χ3n) is 4.20. The fraction of sp³-hybridized carbons (Fsp3) is 0.0455. The first-order valence-electron chi connectivity index (χ1n) is 8.75. The van der Waals surface area contributed by atoms with Gasteiger partial charge in [0.2, 0.25) is 0 Å². The summed E-state index contributed by atoms with van der Waals surface area (Å²) in [5.41, 5.74) is -0.641. The number of halogens is 3. The van der Waals surface area contributed by atoms with Crippen molar-refractivity contribution in [3.8, 4) is 0 Å². The van der Waals surface area contributed by atoms with Gasteiger partial charge >= 0.3 is 6.18 Å². The molecule has 0 atom stereocenters. The second-order valence-electron chi connectivity index (χ2n) is 6.27. The molecule has 0 saturated heterocycles. The number of amides is 1. The van der Waals surface area contributed by atoms with Gasteiger partial charge in [0.1, 0.15) is 0 Å². The maximum absolute atomic E-state index is 13.3. The number of nitrogens with one attached hydrogen (secondary N) is 1. The topological polar surface area (TPSA) is 72.2 Å². The number of nitrogens with zero attached hydrogens (tertiary/aromatic N) is 1. The third-order valence-corrected chi connectivity index (χ3v) is 4.20. The zero-order valence-corrected chi connectivity index (χ0v) is 15.4. The molecule has 0 heterocycles. The van der Waals surface area contributed by atoms with E-state index in [0.29, 0.717) is 11.1 Å². The Bertz CT molecular complexity index is 1110. The Balaban J connectivity index is 2.04. The molecule has 0 aromatic heterocycles. The summed E-state index contributed by atoms with van der Waals surface area (Å²) in [6.45, 7) is 0. The Hall–Kier alpha value is -3.94. The molecule has 0 aliphatic rings. The number of alkyl halides is 3. The number of nitro groups is 1. The molecule has 0 aliphatic heterocycles. The molecule has 8 heteroatoms. The van der Waals surface area contributed by atoms with E-state index in [1.165, 1.54) is 36.4 Å². The molecule has 0 spiro atoms. The van der Waals surface area contributed by atoms with Gasteiger partial charge in [0.15, 0.2) is 0 Å². The van der Waals surface area contributed by atoms with E-state index >= 15 is 0 Å². The van der Waals surface area contributed by atoms with Crippen LogP contribution >= 0.6 is 0 Å². The maximum atomic E-state index is 13.3. The molecule has 0 saturated carbocycles. The summed E-state index contributed by atoms with van der Waals surface area (Å²) >= 11 is 0. The number of para-hydroxylation sites is 1. The molecule has 0 aliphatic carbocycles. The smallest absolute Gasteiger partial charge is 0.321 e. The Kier molecular flexibility index (Phi) is 5.96. The third kappa shape index (κ3) is 4.91. The number of rotatable bonds is 5. The van der Waals surface area contributed by atoms with Crippen LogP contribution in [0.4, 0.5) is 24.5 Å². The number of hydrogen-bond donors (Lipinski definition) is 1. The molecule has 0 unspecified atom stereocenters. The van der Waals surface area contributed by atoms with Crippen molar-refractivity contribution in [2.75, 3.05) is 5.32 Å². The van der Waals surface area contributed by atoms with Crippen LogP contribution in [0.15, 0.2) is 78.9 Å². The largest absolute Gasteiger partial charge is 0.418 e. The van der Waals surface area contributed by atoms with Crippen LogP contribution in [-0.2, 0) is 11.0 Å². The van der Waals surface area contributed by atoms with E-state index in [1.807, 2.05) is 0 Å². The molecule has 0 radical (unpaired) electrons. The SMILES string of the molecule is O=C(Nc1ccccc1C(F)(F)F)/C(=C/c1cccc([N+](=O)[O-])c1)c1ccccc1. The van der Waals surface area contributed by atoms with Gasteiger partial charge < -0.3 is 5.32 Å². The summed E-state index contributed by atoms with van der Waals surface area (Å²) < 4.78 is 39.8. The molecule has 30 heavy (non-hydrogen) atoms. The van der Waals surface area contributed by atoms with E-state index in [1.54, 1.807) is 36.4 Å². The lowest BCUT2D eigenvalue weighted by molar-refractivity contribution is -0.384. The first-order valence-corrected chi connectivity index (χ1v) is 8.75. The molecule has 152 valence electrons. The van der Waals surface area contributed by atoms with Crippen molar-refractivity contribution in [2.24, 2.45) is 0 Å². The summed E-state index contributed by atoms with van der Waals surface area (Å²) in [4.78, 5) is 23.4. The molecule has 1 amide bonds. The highest BCUT2D eigenvalue weighted by Crippen LogP contribution is 2.35. The Morgan fingerprint density at radius 2 is 1.60 bits per heavy atom. The highest BCUT2D eigenvalue weighted by Gasteiger charge is 2.33. The van der Waals surface area contributed by atoms with Crippen LogP contribution in [0.2, 0.25) is 0 Å². The van der Waals surface area contributed by atoms with Crippen molar-refractivity contribution >= 4 is 28.9 Å². The van der Waals surface area contributed by atoms with Gasteiger partial charge in [-0.25, -0.2) is 0 Å². The fourth-order valence-electron chi connectivity index (χ4n) is 2.82. The van der Waals surface area contributed by atoms with Crippen molar-refractivity contribution in [3.05, 3.63) is 106 Å². The number of non-ortho nitro benzene ring substituents is 1. The van der Waals surface area contributed by atoms with Crippen molar-refractivity contribution in [2.45, 2.75) is 6.18 Å². The Labute approximate surface area is 169 Å². The van der Waals surface area contributed by atoms with Crippen molar-refractivity contribution in [1.82, 2.24) is 0 Å². The van der Waals surface area contributed by atoms with Gasteiger partial charge in [-0.3, -0.25) is 14.9 Å². The predicted molar refractivity (Wildman–Crippen MR) is 107 cm³/mol. The lowest BCUT2D eigenvalue weighted by Crippen LogP contribution is -2.17. The molecule has 3 rings (SSSR count). The number of nitro benzene ring substituents is 1. The van der Waals surface area contributed by atoms with Gasteiger partial charge in [-0.1, -0.05) is 54.6 Å². The van der Waals surface area contributed by atoms with E-state index in [2.05, 4.69) is 5.32 Å². The lowest BCUT2D eigenvalue weighted by atomic mass is 10.0. The van der Waals surface area contributed by atoms with Crippen LogP contribution in [0.3, 0.4) is 0 Å². The monoisotopic (exact) mass is 412 g/mol. The molecular weight excluding hydrogens is 397 g/mol. The first-order chi connectivity index (χ1) is 14.3. The van der Waals surface area contributed by atoms with Crippen LogP contribution in [0, 0.1) is 10.1 Å². The maximum Gasteiger partial charge on any atom is 0.418 e. The molecule has 1 N–H and O–H groups in total. The van der Waals surface area contributed by atoms with E-state index in [4.69, 9.17) is 0 Å². The van der Waals surface area contributed by atoms with Gasteiger partial charge in [-0.15, -0.1) is 0 Å². The van der Waals surface area contributed by atoms with Crippen LogP contribution in [-0.4, -0.2) is 10.8 Å². The van der Waals surface area contributed by atoms with Crippen molar-refractivity contribution in [3.63, 3.8) is 0 Å². The van der Waals surface area contributed by atoms with Crippen LogP contribution in [0.5, 0.6) is 0 Å². The standard InChI is InChI=1S/C22H15F3N2O3/c23-22(24,25)19-11-4-5-12-20(19)26-21(28)18(16-8-2-1-3-9-16)14-15-7-6-10-17(13-15)27(29)30/h1-14H,(H,26,28)/b18-14+. The molecule has 0 fully saturated rings. The second-order valence-corrected chi connectivity index (χ2v) is 6.27. The van der Waals surface area contributed by atoms with E-state index in [9.17, 15) is 28.1 Å². The quantitative estimate of drug-likeness (QED) is 0.249. The molecular formula is C22H15F3N2O3.